The van der Waals surface area contributed by atoms with Gasteiger partial charge < -0.3 is 0 Å². The molecular formula is C10H20O4P2S2Se2. The van der Waals surface area contributed by atoms with Gasteiger partial charge in [-0.05, 0) is 0 Å². The molecule has 2 aliphatic rings. The van der Waals surface area contributed by atoms with Crippen molar-refractivity contribution in [1.29, 1.82) is 0 Å². The van der Waals surface area contributed by atoms with Crippen LogP contribution in [0.25, 0.3) is 0 Å². The van der Waals surface area contributed by atoms with Gasteiger partial charge in [-0.25, -0.2) is 0 Å². The molecule has 118 valence electrons. The summed E-state index contributed by atoms with van der Waals surface area (Å²) in [6.07, 6.45) is 0. The SMILES string of the molecule is CC1(C)COP(=S)([Se][Se]P2(=S)OCC(C)(C)CO2)OC1. The van der Waals surface area contributed by atoms with Gasteiger partial charge in [0.1, 0.15) is 0 Å². The Bertz CT molecular complexity index is 402. The minimum absolute atomic E-state index is 0.0635. The normalized spacial score (nSPS) is 30.8. The molecule has 2 rings (SSSR count). The van der Waals surface area contributed by atoms with Crippen LogP contribution in [0.15, 0.2) is 0 Å². The van der Waals surface area contributed by atoms with Crippen LogP contribution < -0.4 is 0 Å². The summed E-state index contributed by atoms with van der Waals surface area (Å²) in [5, 5.41) is -4.22. The molecule has 0 aromatic rings. The Hall–Kier alpha value is 2.18. The van der Waals surface area contributed by atoms with Crippen LogP contribution >= 0.6 is 10.4 Å². The van der Waals surface area contributed by atoms with E-state index in [1.165, 1.54) is 0 Å². The van der Waals surface area contributed by atoms with Crippen molar-refractivity contribution in [3.8, 4) is 0 Å². The molecule has 0 amide bonds. The number of rotatable bonds is 3. The van der Waals surface area contributed by atoms with Crippen molar-refractivity contribution in [2.24, 2.45) is 10.8 Å². The predicted octanol–water partition coefficient (Wildman–Crippen LogP) is 2.90. The van der Waals surface area contributed by atoms with Crippen molar-refractivity contribution in [1.82, 2.24) is 0 Å². The van der Waals surface area contributed by atoms with E-state index in [-0.39, 0.29) is 36.2 Å². The van der Waals surface area contributed by atoms with Crippen LogP contribution in [0, 0.1) is 10.8 Å². The van der Waals surface area contributed by atoms with Crippen molar-refractivity contribution in [3.63, 3.8) is 0 Å². The summed E-state index contributed by atoms with van der Waals surface area (Å²) in [7, 11) is 0. The topological polar surface area (TPSA) is 36.9 Å². The van der Waals surface area contributed by atoms with Gasteiger partial charge in [0.15, 0.2) is 0 Å². The Morgan fingerprint density at radius 1 is 0.700 bits per heavy atom. The van der Waals surface area contributed by atoms with Crippen molar-refractivity contribution in [3.05, 3.63) is 0 Å². The summed E-state index contributed by atoms with van der Waals surface area (Å²) in [6, 6.07) is 0. The first-order valence-electron chi connectivity index (χ1n) is 6.20. The van der Waals surface area contributed by atoms with Crippen molar-refractivity contribution in [2.75, 3.05) is 26.4 Å². The van der Waals surface area contributed by atoms with E-state index < -0.39 is 10.4 Å². The summed E-state index contributed by atoms with van der Waals surface area (Å²) in [6.45, 7) is 11.2. The summed E-state index contributed by atoms with van der Waals surface area (Å²) >= 11 is 11.4. The van der Waals surface area contributed by atoms with E-state index in [9.17, 15) is 0 Å². The van der Waals surface area contributed by atoms with Gasteiger partial charge in [-0.3, -0.25) is 0 Å². The molecule has 0 bridgehead atoms. The third kappa shape index (κ3) is 5.37. The third-order valence-corrected chi connectivity index (χ3v) is 40.9. The maximum absolute atomic E-state index is 5.87. The number of hydrogen-bond acceptors (Lipinski definition) is 6. The van der Waals surface area contributed by atoms with Crippen LogP contribution in [0.3, 0.4) is 0 Å². The molecule has 0 aliphatic carbocycles. The van der Waals surface area contributed by atoms with E-state index in [2.05, 4.69) is 27.7 Å². The zero-order valence-electron chi connectivity index (χ0n) is 12.0. The second kappa shape index (κ2) is 6.59. The van der Waals surface area contributed by atoms with Gasteiger partial charge in [-0.1, -0.05) is 0 Å². The molecule has 2 aliphatic heterocycles. The van der Waals surface area contributed by atoms with Gasteiger partial charge >= 0.3 is 142 Å². The second-order valence-corrected chi connectivity index (χ2v) is 33.3. The molecule has 20 heavy (non-hydrogen) atoms. The fourth-order valence-electron chi connectivity index (χ4n) is 1.34. The zero-order chi connectivity index (χ0) is 15.1. The first-order valence-corrected chi connectivity index (χ1v) is 20.2. The molecule has 0 aromatic carbocycles. The Morgan fingerprint density at radius 3 is 1.20 bits per heavy atom. The fourth-order valence-corrected chi connectivity index (χ4v) is 45.4. The van der Waals surface area contributed by atoms with Crippen molar-refractivity contribution in [2.45, 2.75) is 27.7 Å². The van der Waals surface area contributed by atoms with E-state index in [0.717, 1.165) is 0 Å². The molecule has 0 radical (unpaired) electrons. The maximum atomic E-state index is 5.87. The molecule has 0 saturated carbocycles. The first-order chi connectivity index (χ1) is 9.04. The molecule has 0 atom stereocenters. The van der Waals surface area contributed by atoms with Gasteiger partial charge in [0.25, 0.3) is 0 Å². The quantitative estimate of drug-likeness (QED) is 0.450. The van der Waals surface area contributed by atoms with Gasteiger partial charge in [-0.2, -0.15) is 0 Å². The minimum atomic E-state index is -2.11. The van der Waals surface area contributed by atoms with Gasteiger partial charge in [-0.15, -0.1) is 0 Å². The van der Waals surface area contributed by atoms with Crippen LogP contribution in [0.4, 0.5) is 0 Å². The molecule has 0 unspecified atom stereocenters. The average Bonchev–Trinajstić information content (AvgIpc) is 2.36. The molecule has 10 heteroatoms. The van der Waals surface area contributed by atoms with Crippen LogP contribution in [-0.2, 0) is 41.7 Å². The Labute approximate surface area is 141 Å². The molecule has 0 N–H and O–H groups in total. The number of hydrogen-bond donors (Lipinski definition) is 0. The summed E-state index contributed by atoms with van der Waals surface area (Å²) < 4.78 is 23.5. The average molecular weight is 488 g/mol. The monoisotopic (exact) mass is 490 g/mol. The first kappa shape index (κ1) is 18.5. The third-order valence-electron chi connectivity index (χ3n) is 2.67. The summed E-state index contributed by atoms with van der Waals surface area (Å²) in [5.41, 5.74) is 0.127. The van der Waals surface area contributed by atoms with E-state index in [4.69, 9.17) is 41.7 Å². The van der Waals surface area contributed by atoms with Crippen LogP contribution in [0.2, 0.25) is 0 Å². The summed E-state index contributed by atoms with van der Waals surface area (Å²) in [5.74, 6) is 0. The Morgan fingerprint density at radius 2 is 0.950 bits per heavy atom. The van der Waals surface area contributed by atoms with Gasteiger partial charge in [0.2, 0.25) is 0 Å². The van der Waals surface area contributed by atoms with Crippen LogP contribution in [0.1, 0.15) is 27.7 Å². The van der Waals surface area contributed by atoms with Crippen molar-refractivity contribution < 1.29 is 18.1 Å². The molecule has 0 aromatic heterocycles. The predicted molar refractivity (Wildman–Crippen MR) is 91.4 cm³/mol. The molecule has 0 spiro atoms. The molecule has 2 fully saturated rings. The van der Waals surface area contributed by atoms with E-state index >= 15 is 0 Å². The fraction of sp³-hybridized carbons (Fsp3) is 1.00. The summed E-state index contributed by atoms with van der Waals surface area (Å²) in [4.78, 5) is 0. The molecule has 2 saturated heterocycles. The van der Waals surface area contributed by atoms with E-state index in [1.807, 2.05) is 0 Å². The van der Waals surface area contributed by atoms with E-state index in [1.54, 1.807) is 0 Å². The van der Waals surface area contributed by atoms with E-state index in [0.29, 0.717) is 26.4 Å². The van der Waals surface area contributed by atoms with Crippen molar-refractivity contribution >= 4 is 59.4 Å². The molecule has 4 nitrogen and oxygen atoms in total. The Balaban J connectivity index is 1.87. The van der Waals surface area contributed by atoms with Gasteiger partial charge in [0, 0.05) is 0 Å². The zero-order valence-corrected chi connectivity index (χ0v) is 18.8. The Kier molecular flexibility index (Phi) is 6.10. The van der Waals surface area contributed by atoms with Crippen LogP contribution in [0.5, 0.6) is 0 Å². The van der Waals surface area contributed by atoms with Gasteiger partial charge in [0.05, 0.1) is 0 Å². The van der Waals surface area contributed by atoms with Crippen LogP contribution in [-0.4, -0.2) is 51.8 Å². The molecule has 2 heterocycles. The second-order valence-electron chi connectivity index (χ2n) is 6.47. The standard InChI is InChI=1S/C10H20O4P2S2Se2/c1-9(2)5-11-15(17,12-6-9)19-20-16(18)13-7-10(3,4)8-14-16/h5-8H2,1-4H3. The molecular weight excluding hydrogens is 468 g/mol.